The topological polar surface area (TPSA) is 102 Å². The quantitative estimate of drug-likeness (QED) is 0.237. The van der Waals surface area contributed by atoms with Crippen molar-refractivity contribution in [1.82, 2.24) is 20.2 Å². The van der Waals surface area contributed by atoms with Gasteiger partial charge < -0.3 is 15.4 Å². The molecule has 0 fully saturated rings. The first-order chi connectivity index (χ1) is 18.3. The molecular weight excluding hydrogens is 500 g/mol. The molecule has 196 valence electrons. The molecule has 38 heavy (non-hydrogen) atoms. The first-order valence-corrected chi connectivity index (χ1v) is 13.2. The molecule has 0 bridgehead atoms. The Morgan fingerprint density at radius 3 is 2.50 bits per heavy atom. The molecule has 4 aromatic rings. The van der Waals surface area contributed by atoms with Gasteiger partial charge in [0.15, 0.2) is 5.16 Å². The third kappa shape index (κ3) is 6.80. The molecule has 0 unspecified atom stereocenters. The average molecular weight is 531 g/mol. The lowest BCUT2D eigenvalue weighted by Gasteiger charge is -2.14. The summed E-state index contributed by atoms with van der Waals surface area (Å²) < 4.78 is 6.81. The predicted octanol–water partition coefficient (Wildman–Crippen LogP) is 4.00. The van der Waals surface area contributed by atoms with Crippen LogP contribution in [-0.2, 0) is 17.9 Å². The van der Waals surface area contributed by atoms with Crippen LogP contribution in [0.2, 0.25) is 0 Å². The van der Waals surface area contributed by atoms with Crippen molar-refractivity contribution >= 4 is 34.5 Å². The van der Waals surface area contributed by atoms with Crippen LogP contribution in [0.1, 0.15) is 35.3 Å². The maximum atomic E-state index is 13.4. The maximum Gasteiger partial charge on any atom is 0.262 e. The molecule has 1 aromatic heterocycles. The van der Waals surface area contributed by atoms with Gasteiger partial charge in [0.05, 0.1) is 30.3 Å². The van der Waals surface area contributed by atoms with Gasteiger partial charge in [0.1, 0.15) is 5.75 Å². The minimum Gasteiger partial charge on any atom is -0.497 e. The highest BCUT2D eigenvalue weighted by atomic mass is 32.2. The number of carbonyl (C=O) groups excluding carboxylic acids is 2. The summed E-state index contributed by atoms with van der Waals surface area (Å²) in [4.78, 5) is 43.0. The Bertz CT molecular complexity index is 1500. The third-order valence-corrected chi connectivity index (χ3v) is 6.74. The Labute approximate surface area is 225 Å². The van der Waals surface area contributed by atoms with Gasteiger partial charge in [0.25, 0.3) is 11.5 Å². The first-order valence-electron chi connectivity index (χ1n) is 12.3. The summed E-state index contributed by atoms with van der Waals surface area (Å²) in [7, 11) is 1.60. The minimum absolute atomic E-state index is 0.0386. The van der Waals surface area contributed by atoms with E-state index in [1.165, 1.54) is 11.8 Å². The van der Waals surface area contributed by atoms with Gasteiger partial charge in [-0.15, -0.1) is 0 Å². The standard InChI is InChI=1S/C29H30N4O4S/c1-19(2)31-27(35)22-13-11-20(12-14-22)17-33-28(36)24-9-4-5-10-25(24)32-29(33)38-18-26(34)30-16-21-7-6-8-23(15-21)37-3/h4-15,19H,16-18H2,1-3H3,(H,30,34)(H,31,35). The highest BCUT2D eigenvalue weighted by Crippen LogP contribution is 2.19. The van der Waals surface area contributed by atoms with E-state index in [1.54, 1.807) is 42.0 Å². The lowest BCUT2D eigenvalue weighted by Crippen LogP contribution is -2.30. The van der Waals surface area contributed by atoms with Gasteiger partial charge in [0.2, 0.25) is 5.91 Å². The Morgan fingerprint density at radius 2 is 1.76 bits per heavy atom. The molecule has 0 saturated heterocycles. The van der Waals surface area contributed by atoms with Crippen LogP contribution >= 0.6 is 11.8 Å². The van der Waals surface area contributed by atoms with E-state index in [1.807, 2.05) is 56.3 Å². The van der Waals surface area contributed by atoms with E-state index in [9.17, 15) is 14.4 Å². The summed E-state index contributed by atoms with van der Waals surface area (Å²) in [6.45, 7) is 4.44. The number of hydrogen-bond donors (Lipinski definition) is 2. The molecule has 1 heterocycles. The fraction of sp³-hybridized carbons (Fsp3) is 0.241. The lowest BCUT2D eigenvalue weighted by atomic mass is 10.1. The van der Waals surface area contributed by atoms with E-state index in [0.29, 0.717) is 28.2 Å². The zero-order chi connectivity index (χ0) is 27.1. The number of nitrogens with one attached hydrogen (secondary N) is 2. The smallest absolute Gasteiger partial charge is 0.262 e. The van der Waals surface area contributed by atoms with Crippen molar-refractivity contribution in [3.05, 3.63) is 99.8 Å². The van der Waals surface area contributed by atoms with E-state index in [-0.39, 0.29) is 35.7 Å². The normalized spacial score (nSPS) is 10.9. The summed E-state index contributed by atoms with van der Waals surface area (Å²) in [5.74, 6) is 0.506. The summed E-state index contributed by atoms with van der Waals surface area (Å²) in [6, 6.07) is 21.8. The SMILES string of the molecule is COc1cccc(CNC(=O)CSc2nc3ccccc3c(=O)n2Cc2ccc(C(=O)NC(C)C)cc2)c1. The number of aromatic nitrogens is 2. The van der Waals surface area contributed by atoms with Crippen LogP contribution in [0.3, 0.4) is 0 Å². The monoisotopic (exact) mass is 530 g/mol. The Kier molecular flexibility index (Phi) is 8.81. The average Bonchev–Trinajstić information content (AvgIpc) is 2.92. The molecule has 2 amide bonds. The van der Waals surface area contributed by atoms with E-state index in [0.717, 1.165) is 16.9 Å². The molecule has 3 aromatic carbocycles. The molecule has 8 nitrogen and oxygen atoms in total. The molecule has 0 radical (unpaired) electrons. The molecule has 9 heteroatoms. The van der Waals surface area contributed by atoms with E-state index in [2.05, 4.69) is 15.6 Å². The van der Waals surface area contributed by atoms with E-state index < -0.39 is 0 Å². The molecular formula is C29H30N4O4S. The van der Waals surface area contributed by atoms with Crippen molar-refractivity contribution in [3.63, 3.8) is 0 Å². The second kappa shape index (κ2) is 12.4. The largest absolute Gasteiger partial charge is 0.497 e. The molecule has 0 saturated carbocycles. The number of nitrogens with zero attached hydrogens (tertiary/aromatic N) is 2. The number of amides is 2. The lowest BCUT2D eigenvalue weighted by molar-refractivity contribution is -0.118. The fourth-order valence-electron chi connectivity index (χ4n) is 3.85. The first kappa shape index (κ1) is 26.9. The summed E-state index contributed by atoms with van der Waals surface area (Å²) in [5.41, 5.74) is 2.71. The summed E-state index contributed by atoms with van der Waals surface area (Å²) in [5, 5.41) is 6.73. The number of methoxy groups -OCH3 is 1. The second-order valence-electron chi connectivity index (χ2n) is 9.04. The van der Waals surface area contributed by atoms with Crippen molar-refractivity contribution in [3.8, 4) is 5.75 Å². The number of hydrogen-bond acceptors (Lipinski definition) is 6. The zero-order valence-corrected chi connectivity index (χ0v) is 22.4. The van der Waals surface area contributed by atoms with E-state index >= 15 is 0 Å². The van der Waals surface area contributed by atoms with Crippen LogP contribution in [-0.4, -0.2) is 40.3 Å². The number of thioether (sulfide) groups is 1. The summed E-state index contributed by atoms with van der Waals surface area (Å²) in [6.07, 6.45) is 0. The zero-order valence-electron chi connectivity index (χ0n) is 21.6. The van der Waals surface area contributed by atoms with Gasteiger partial charge in [-0.05, 0) is 61.4 Å². The van der Waals surface area contributed by atoms with Crippen molar-refractivity contribution in [1.29, 1.82) is 0 Å². The highest BCUT2D eigenvalue weighted by Gasteiger charge is 2.15. The highest BCUT2D eigenvalue weighted by molar-refractivity contribution is 7.99. The molecule has 0 atom stereocenters. The van der Waals surface area contributed by atoms with Gasteiger partial charge in [-0.1, -0.05) is 48.2 Å². The molecule has 0 aliphatic heterocycles. The molecule has 4 rings (SSSR count). The number of ether oxygens (including phenoxy) is 1. The second-order valence-corrected chi connectivity index (χ2v) is 9.99. The van der Waals surface area contributed by atoms with Crippen molar-refractivity contribution in [2.75, 3.05) is 12.9 Å². The Hall–Kier alpha value is -4.11. The molecule has 0 aliphatic carbocycles. The number of fused-ring (bicyclic) bond motifs is 1. The van der Waals surface area contributed by atoms with Gasteiger partial charge in [-0.2, -0.15) is 0 Å². The molecule has 0 spiro atoms. The van der Waals surface area contributed by atoms with Gasteiger partial charge in [-0.25, -0.2) is 4.98 Å². The number of rotatable bonds is 10. The number of benzene rings is 3. The van der Waals surface area contributed by atoms with Gasteiger partial charge in [0, 0.05) is 18.2 Å². The van der Waals surface area contributed by atoms with Crippen LogP contribution in [0.5, 0.6) is 5.75 Å². The van der Waals surface area contributed by atoms with Crippen LogP contribution in [0.15, 0.2) is 82.7 Å². The number of carbonyl (C=O) groups is 2. The minimum atomic E-state index is -0.184. The number of para-hydroxylation sites is 1. The summed E-state index contributed by atoms with van der Waals surface area (Å²) >= 11 is 1.21. The Morgan fingerprint density at radius 1 is 1.00 bits per heavy atom. The van der Waals surface area contributed by atoms with Gasteiger partial charge >= 0.3 is 0 Å². The van der Waals surface area contributed by atoms with Crippen LogP contribution < -0.4 is 20.9 Å². The maximum absolute atomic E-state index is 13.4. The third-order valence-electron chi connectivity index (χ3n) is 5.76. The molecule has 2 N–H and O–H groups in total. The Balaban J connectivity index is 1.51. The van der Waals surface area contributed by atoms with Crippen LogP contribution in [0.25, 0.3) is 10.9 Å². The van der Waals surface area contributed by atoms with Gasteiger partial charge in [-0.3, -0.25) is 19.0 Å². The van der Waals surface area contributed by atoms with Crippen LogP contribution in [0.4, 0.5) is 0 Å². The van der Waals surface area contributed by atoms with Crippen molar-refractivity contribution in [2.24, 2.45) is 0 Å². The van der Waals surface area contributed by atoms with Crippen molar-refractivity contribution in [2.45, 2.75) is 38.1 Å². The predicted molar refractivity (Wildman–Crippen MR) is 150 cm³/mol. The van der Waals surface area contributed by atoms with E-state index in [4.69, 9.17) is 4.74 Å². The molecule has 0 aliphatic rings. The fourth-order valence-corrected chi connectivity index (χ4v) is 4.68. The van der Waals surface area contributed by atoms with Crippen molar-refractivity contribution < 1.29 is 14.3 Å². The van der Waals surface area contributed by atoms with Crippen LogP contribution in [0, 0.1) is 0 Å².